The Labute approximate surface area is 182 Å². The molecule has 1 amide bonds. The number of hydrogen-bond donors (Lipinski definition) is 2. The fraction of sp³-hybridized carbons (Fsp3) is 0.217. The van der Waals surface area contributed by atoms with Crippen LogP contribution < -0.4 is 10.1 Å². The van der Waals surface area contributed by atoms with Crippen LogP contribution in [-0.2, 0) is 11.4 Å². The van der Waals surface area contributed by atoms with Crippen molar-refractivity contribution in [1.29, 1.82) is 0 Å². The van der Waals surface area contributed by atoms with Crippen LogP contribution in [0, 0.1) is 11.2 Å². The summed E-state index contributed by atoms with van der Waals surface area (Å²) in [4.78, 5) is 24.1. The quantitative estimate of drug-likeness (QED) is 0.496. The smallest absolute Gasteiger partial charge is 0.310 e. The average molecular weight is 474 g/mol. The molecule has 0 radical (unpaired) electrons. The largest absolute Gasteiger partial charge is 0.487 e. The molecule has 0 aliphatic heterocycles. The third-order valence-corrected chi connectivity index (χ3v) is 5.28. The van der Waals surface area contributed by atoms with Crippen molar-refractivity contribution in [3.05, 3.63) is 76.0 Å². The highest BCUT2D eigenvalue weighted by Gasteiger charge is 2.28. The van der Waals surface area contributed by atoms with E-state index in [-0.39, 0.29) is 24.5 Å². The second kappa shape index (κ2) is 8.83. The molecule has 3 aromatic carbocycles. The Balaban J connectivity index is 1.96. The summed E-state index contributed by atoms with van der Waals surface area (Å²) in [7, 11) is 0. The van der Waals surface area contributed by atoms with E-state index >= 15 is 0 Å². The van der Waals surface area contributed by atoms with E-state index in [0.29, 0.717) is 10.8 Å². The summed E-state index contributed by atoms with van der Waals surface area (Å²) in [6.07, 6.45) is 0. The Morgan fingerprint density at radius 1 is 1.10 bits per heavy atom. The van der Waals surface area contributed by atoms with Crippen LogP contribution in [0.3, 0.4) is 0 Å². The highest BCUT2D eigenvalue weighted by molar-refractivity contribution is 9.10. The lowest BCUT2D eigenvalue weighted by atomic mass is 9.93. The number of hydrogen-bond acceptors (Lipinski definition) is 3. The topological polar surface area (TPSA) is 75.6 Å². The van der Waals surface area contributed by atoms with Gasteiger partial charge in [-0.3, -0.25) is 9.59 Å². The summed E-state index contributed by atoms with van der Waals surface area (Å²) in [6, 6.07) is 15.4. The molecule has 0 saturated heterocycles. The third kappa shape index (κ3) is 4.79. The van der Waals surface area contributed by atoms with Gasteiger partial charge in [-0.25, -0.2) is 4.39 Å². The van der Waals surface area contributed by atoms with Crippen molar-refractivity contribution >= 4 is 38.6 Å². The first-order valence-electron chi connectivity index (χ1n) is 9.29. The van der Waals surface area contributed by atoms with Gasteiger partial charge in [0.2, 0.25) is 0 Å². The zero-order valence-corrected chi connectivity index (χ0v) is 18.1. The first-order valence-corrected chi connectivity index (χ1v) is 10.1. The van der Waals surface area contributed by atoms with Crippen LogP contribution in [-0.4, -0.2) is 23.5 Å². The van der Waals surface area contributed by atoms with Gasteiger partial charge in [0.05, 0.1) is 11.0 Å². The van der Waals surface area contributed by atoms with Crippen molar-refractivity contribution < 1.29 is 23.8 Å². The molecule has 0 saturated carbocycles. The second-order valence-electron chi connectivity index (χ2n) is 7.57. The average Bonchev–Trinajstić information content (AvgIpc) is 2.72. The zero-order chi connectivity index (χ0) is 21.9. The van der Waals surface area contributed by atoms with Crippen molar-refractivity contribution in [2.24, 2.45) is 5.41 Å². The SMILES string of the molecule is CC(C)(CNC(=O)c1cc(F)c2ccccc2c1OCc1ccc(Br)cc1)C(=O)O. The van der Waals surface area contributed by atoms with Gasteiger partial charge in [-0.2, -0.15) is 0 Å². The molecule has 0 bridgehead atoms. The summed E-state index contributed by atoms with van der Waals surface area (Å²) in [5, 5.41) is 12.6. The van der Waals surface area contributed by atoms with Crippen LogP contribution >= 0.6 is 15.9 Å². The van der Waals surface area contributed by atoms with Gasteiger partial charge in [0, 0.05) is 21.8 Å². The van der Waals surface area contributed by atoms with Crippen LogP contribution in [0.25, 0.3) is 10.8 Å². The summed E-state index contributed by atoms with van der Waals surface area (Å²) in [6.45, 7) is 3.08. The monoisotopic (exact) mass is 473 g/mol. The summed E-state index contributed by atoms with van der Waals surface area (Å²) >= 11 is 3.38. The number of aliphatic carboxylic acids is 1. The van der Waals surface area contributed by atoms with Crippen molar-refractivity contribution in [3.63, 3.8) is 0 Å². The van der Waals surface area contributed by atoms with E-state index in [1.54, 1.807) is 24.3 Å². The second-order valence-corrected chi connectivity index (χ2v) is 8.48. The Bertz CT molecular complexity index is 1100. The maximum atomic E-state index is 14.7. The number of carbonyl (C=O) groups excluding carboxylic acids is 1. The number of carboxylic acid groups (broad SMARTS) is 1. The molecular formula is C23H21BrFNO4. The Morgan fingerprint density at radius 2 is 1.73 bits per heavy atom. The number of fused-ring (bicyclic) bond motifs is 1. The van der Waals surface area contributed by atoms with Gasteiger partial charge in [-0.1, -0.05) is 52.3 Å². The fourth-order valence-corrected chi connectivity index (χ4v) is 3.10. The Morgan fingerprint density at radius 3 is 2.37 bits per heavy atom. The molecule has 0 unspecified atom stereocenters. The van der Waals surface area contributed by atoms with E-state index in [4.69, 9.17) is 4.74 Å². The minimum atomic E-state index is -1.16. The van der Waals surface area contributed by atoms with E-state index < -0.39 is 23.1 Å². The number of carboxylic acids is 1. The molecule has 0 spiro atoms. The molecule has 0 aliphatic carbocycles. The normalized spacial score (nSPS) is 11.3. The van der Waals surface area contributed by atoms with Crippen LogP contribution in [0.2, 0.25) is 0 Å². The Hall–Kier alpha value is -2.93. The molecular weight excluding hydrogens is 453 g/mol. The van der Waals surface area contributed by atoms with E-state index in [1.807, 2.05) is 24.3 Å². The molecule has 3 rings (SSSR count). The van der Waals surface area contributed by atoms with Gasteiger partial charge in [0.15, 0.2) is 0 Å². The predicted molar refractivity (Wildman–Crippen MR) is 116 cm³/mol. The number of rotatable bonds is 7. The van der Waals surface area contributed by atoms with E-state index in [0.717, 1.165) is 16.1 Å². The summed E-state index contributed by atoms with van der Waals surface area (Å²) < 4.78 is 21.6. The van der Waals surface area contributed by atoms with Crippen molar-refractivity contribution in [3.8, 4) is 5.75 Å². The minimum absolute atomic E-state index is 0.0181. The highest BCUT2D eigenvalue weighted by Crippen LogP contribution is 2.33. The van der Waals surface area contributed by atoms with Crippen molar-refractivity contribution in [2.45, 2.75) is 20.5 Å². The van der Waals surface area contributed by atoms with Gasteiger partial charge in [-0.15, -0.1) is 0 Å². The molecule has 156 valence electrons. The van der Waals surface area contributed by atoms with Gasteiger partial charge in [0.1, 0.15) is 18.2 Å². The van der Waals surface area contributed by atoms with Crippen LogP contribution in [0.4, 0.5) is 4.39 Å². The molecule has 30 heavy (non-hydrogen) atoms. The molecule has 2 N–H and O–H groups in total. The number of halogens is 2. The lowest BCUT2D eigenvalue weighted by Gasteiger charge is -2.20. The maximum Gasteiger partial charge on any atom is 0.310 e. The molecule has 3 aromatic rings. The lowest BCUT2D eigenvalue weighted by molar-refractivity contribution is -0.146. The fourth-order valence-electron chi connectivity index (χ4n) is 2.84. The number of carbonyl (C=O) groups is 2. The predicted octanol–water partition coefficient (Wildman–Crippen LogP) is 5.16. The molecule has 0 aliphatic rings. The van der Waals surface area contributed by atoms with Crippen LogP contribution in [0.1, 0.15) is 29.8 Å². The summed E-state index contributed by atoms with van der Waals surface area (Å²) in [5.41, 5.74) is -0.266. The minimum Gasteiger partial charge on any atom is -0.487 e. The lowest BCUT2D eigenvalue weighted by Crippen LogP contribution is -2.39. The molecule has 0 heterocycles. The van der Waals surface area contributed by atoms with Crippen LogP contribution in [0.15, 0.2) is 59.1 Å². The highest BCUT2D eigenvalue weighted by atomic mass is 79.9. The molecule has 0 fully saturated rings. The third-order valence-electron chi connectivity index (χ3n) is 4.76. The van der Waals surface area contributed by atoms with E-state index in [9.17, 15) is 19.1 Å². The number of amides is 1. The van der Waals surface area contributed by atoms with Crippen molar-refractivity contribution in [1.82, 2.24) is 5.32 Å². The molecule has 5 nitrogen and oxygen atoms in total. The number of benzene rings is 3. The standard InChI is InChI=1S/C23H21BrFNO4/c1-23(2,22(28)29)13-26-21(27)18-11-19(25)16-5-3-4-6-17(16)20(18)30-12-14-7-9-15(24)10-8-14/h3-11H,12-13H2,1-2H3,(H,26,27)(H,28,29). The maximum absolute atomic E-state index is 14.7. The first kappa shape index (κ1) is 21.8. The molecule has 0 atom stereocenters. The molecule has 0 aromatic heterocycles. The first-order chi connectivity index (χ1) is 14.2. The molecule has 7 heteroatoms. The van der Waals surface area contributed by atoms with E-state index in [2.05, 4.69) is 21.2 Å². The zero-order valence-electron chi connectivity index (χ0n) is 16.5. The summed E-state index contributed by atoms with van der Waals surface area (Å²) in [5.74, 6) is -1.94. The Kier molecular flexibility index (Phi) is 6.41. The van der Waals surface area contributed by atoms with Crippen LogP contribution in [0.5, 0.6) is 5.75 Å². The van der Waals surface area contributed by atoms with E-state index in [1.165, 1.54) is 13.8 Å². The number of nitrogens with one attached hydrogen (secondary N) is 1. The van der Waals surface area contributed by atoms with Gasteiger partial charge >= 0.3 is 5.97 Å². The number of ether oxygens (including phenoxy) is 1. The van der Waals surface area contributed by atoms with Crippen molar-refractivity contribution in [2.75, 3.05) is 6.54 Å². The van der Waals surface area contributed by atoms with Gasteiger partial charge < -0.3 is 15.2 Å². The van der Waals surface area contributed by atoms with Gasteiger partial charge in [0.25, 0.3) is 5.91 Å². The van der Waals surface area contributed by atoms with Gasteiger partial charge in [-0.05, 0) is 37.6 Å².